The fourth-order valence-electron chi connectivity index (χ4n) is 4.59. The number of aliphatic imine (C=N–C) groups is 1. The van der Waals surface area contributed by atoms with Gasteiger partial charge in [-0.1, -0.05) is 24.6 Å². The summed E-state index contributed by atoms with van der Waals surface area (Å²) >= 11 is 0. The summed E-state index contributed by atoms with van der Waals surface area (Å²) in [6.07, 6.45) is 7.35. The minimum absolute atomic E-state index is 0.527. The van der Waals surface area contributed by atoms with E-state index in [0.717, 1.165) is 42.4 Å². The topological polar surface area (TPSA) is 52.8 Å². The molecule has 1 aromatic carbocycles. The fraction of sp³-hybridized carbons (Fsp3) is 0.571. The molecule has 0 amide bonds. The lowest BCUT2D eigenvalue weighted by atomic mass is 9.82. The van der Waals surface area contributed by atoms with Crippen LogP contribution in [-0.2, 0) is 6.42 Å². The van der Waals surface area contributed by atoms with Gasteiger partial charge in [-0.15, -0.1) is 0 Å². The molecule has 0 aliphatic carbocycles. The number of fused-ring (bicyclic) bond motifs is 3. The first-order valence-corrected chi connectivity index (χ1v) is 9.89. The fourth-order valence-corrected chi connectivity index (χ4v) is 4.59. The van der Waals surface area contributed by atoms with Crippen molar-refractivity contribution in [1.82, 2.24) is 15.5 Å². The number of para-hydroxylation sites is 1. The van der Waals surface area contributed by atoms with Gasteiger partial charge in [0.15, 0.2) is 5.96 Å². The lowest BCUT2D eigenvalue weighted by molar-refractivity contribution is 0.0526. The van der Waals surface area contributed by atoms with Crippen LogP contribution in [0.15, 0.2) is 39.7 Å². The van der Waals surface area contributed by atoms with E-state index in [1.165, 1.54) is 37.5 Å². The van der Waals surface area contributed by atoms with Crippen molar-refractivity contribution in [3.63, 3.8) is 0 Å². The van der Waals surface area contributed by atoms with Gasteiger partial charge in [0.05, 0.1) is 0 Å². The maximum absolute atomic E-state index is 5.89. The molecule has 3 heterocycles. The SMILES string of the molecule is CN=C(NCCc1cc2ccccc2o1)NC1CC2CCCC(C1)N2C. The molecule has 140 valence electrons. The summed E-state index contributed by atoms with van der Waals surface area (Å²) in [7, 11) is 4.15. The van der Waals surface area contributed by atoms with Gasteiger partial charge in [0.25, 0.3) is 0 Å². The Labute approximate surface area is 155 Å². The number of hydrogen-bond donors (Lipinski definition) is 2. The van der Waals surface area contributed by atoms with Crippen molar-refractivity contribution in [2.45, 2.75) is 56.7 Å². The average Bonchev–Trinajstić information content (AvgIpc) is 3.04. The molecule has 2 atom stereocenters. The molecule has 2 aromatic rings. The Morgan fingerprint density at radius 2 is 2.00 bits per heavy atom. The zero-order chi connectivity index (χ0) is 17.9. The van der Waals surface area contributed by atoms with Crippen molar-refractivity contribution in [2.75, 3.05) is 20.6 Å². The van der Waals surface area contributed by atoms with Crippen LogP contribution < -0.4 is 10.6 Å². The standard InChI is InChI=1S/C21H30N4O/c1-22-21(24-16-13-17-7-5-8-18(14-16)25(17)2)23-11-10-19-12-15-6-3-4-9-20(15)26-19/h3-4,6,9,12,16-18H,5,7-8,10-11,13-14H2,1-2H3,(H2,22,23,24). The summed E-state index contributed by atoms with van der Waals surface area (Å²) in [5.74, 6) is 1.93. The van der Waals surface area contributed by atoms with Crippen LogP contribution in [0.4, 0.5) is 0 Å². The number of nitrogens with one attached hydrogen (secondary N) is 2. The van der Waals surface area contributed by atoms with Gasteiger partial charge in [0, 0.05) is 43.5 Å². The van der Waals surface area contributed by atoms with E-state index in [1.807, 2.05) is 25.2 Å². The van der Waals surface area contributed by atoms with E-state index in [9.17, 15) is 0 Å². The highest BCUT2D eigenvalue weighted by atomic mass is 16.3. The Morgan fingerprint density at radius 1 is 1.23 bits per heavy atom. The second kappa shape index (κ2) is 7.70. The summed E-state index contributed by atoms with van der Waals surface area (Å²) in [4.78, 5) is 7.02. The summed E-state index contributed by atoms with van der Waals surface area (Å²) in [5, 5.41) is 8.27. The van der Waals surface area contributed by atoms with Crippen LogP contribution in [0, 0.1) is 0 Å². The van der Waals surface area contributed by atoms with Crippen molar-refractivity contribution in [3.05, 3.63) is 36.1 Å². The highest BCUT2D eigenvalue weighted by Gasteiger charge is 2.36. The summed E-state index contributed by atoms with van der Waals surface area (Å²) in [6, 6.07) is 12.3. The second-order valence-corrected chi connectivity index (χ2v) is 7.72. The number of guanidine groups is 1. The van der Waals surface area contributed by atoms with E-state index in [4.69, 9.17) is 4.42 Å². The molecule has 26 heavy (non-hydrogen) atoms. The second-order valence-electron chi connectivity index (χ2n) is 7.72. The van der Waals surface area contributed by atoms with Crippen LogP contribution in [0.5, 0.6) is 0 Å². The Bertz CT molecular complexity index is 721. The molecule has 1 aromatic heterocycles. The number of nitrogens with zero attached hydrogens (tertiary/aromatic N) is 2. The van der Waals surface area contributed by atoms with Crippen LogP contribution in [0.2, 0.25) is 0 Å². The molecule has 2 aliphatic rings. The van der Waals surface area contributed by atoms with Gasteiger partial charge in [-0.3, -0.25) is 4.99 Å². The minimum Gasteiger partial charge on any atom is -0.461 e. The van der Waals surface area contributed by atoms with Crippen LogP contribution in [0.1, 0.15) is 37.9 Å². The Kier molecular flexibility index (Phi) is 5.16. The van der Waals surface area contributed by atoms with Crippen LogP contribution in [0.3, 0.4) is 0 Å². The number of hydrogen-bond acceptors (Lipinski definition) is 3. The molecule has 5 nitrogen and oxygen atoms in total. The van der Waals surface area contributed by atoms with E-state index < -0.39 is 0 Å². The predicted molar refractivity (Wildman–Crippen MR) is 107 cm³/mol. The van der Waals surface area contributed by atoms with Gasteiger partial charge >= 0.3 is 0 Å². The number of furan rings is 1. The van der Waals surface area contributed by atoms with Gasteiger partial charge in [0.1, 0.15) is 11.3 Å². The molecule has 5 heteroatoms. The van der Waals surface area contributed by atoms with E-state index in [-0.39, 0.29) is 0 Å². The average molecular weight is 354 g/mol. The molecule has 0 spiro atoms. The van der Waals surface area contributed by atoms with Crippen molar-refractivity contribution >= 4 is 16.9 Å². The molecule has 2 aliphatic heterocycles. The molecule has 0 radical (unpaired) electrons. The molecule has 2 unspecified atom stereocenters. The van der Waals surface area contributed by atoms with Crippen molar-refractivity contribution < 1.29 is 4.42 Å². The lowest BCUT2D eigenvalue weighted by Gasteiger charge is -2.47. The van der Waals surface area contributed by atoms with Crippen molar-refractivity contribution in [1.29, 1.82) is 0 Å². The molecular weight excluding hydrogens is 324 g/mol. The summed E-state index contributed by atoms with van der Waals surface area (Å²) in [6.45, 7) is 0.818. The number of benzene rings is 1. The van der Waals surface area contributed by atoms with E-state index in [1.54, 1.807) is 0 Å². The highest BCUT2D eigenvalue weighted by Crippen LogP contribution is 2.32. The molecule has 2 fully saturated rings. The monoisotopic (exact) mass is 354 g/mol. The zero-order valence-corrected chi connectivity index (χ0v) is 15.9. The van der Waals surface area contributed by atoms with Crippen LogP contribution in [0.25, 0.3) is 11.0 Å². The van der Waals surface area contributed by atoms with E-state index in [0.29, 0.717) is 6.04 Å². The van der Waals surface area contributed by atoms with E-state index >= 15 is 0 Å². The van der Waals surface area contributed by atoms with Gasteiger partial charge in [0.2, 0.25) is 0 Å². The molecule has 4 rings (SSSR count). The highest BCUT2D eigenvalue weighted by molar-refractivity contribution is 5.80. The third kappa shape index (κ3) is 3.73. The molecule has 2 bridgehead atoms. The van der Waals surface area contributed by atoms with Crippen molar-refractivity contribution in [2.24, 2.45) is 4.99 Å². The third-order valence-electron chi connectivity index (χ3n) is 6.04. The van der Waals surface area contributed by atoms with Crippen molar-refractivity contribution in [3.8, 4) is 0 Å². The third-order valence-corrected chi connectivity index (χ3v) is 6.04. The number of piperidine rings is 2. The maximum Gasteiger partial charge on any atom is 0.191 e. The van der Waals surface area contributed by atoms with Crippen LogP contribution in [-0.4, -0.2) is 49.6 Å². The minimum atomic E-state index is 0.527. The van der Waals surface area contributed by atoms with Gasteiger partial charge < -0.3 is 20.0 Å². The van der Waals surface area contributed by atoms with Gasteiger partial charge in [-0.2, -0.15) is 0 Å². The Hall–Kier alpha value is -2.01. The summed E-state index contributed by atoms with van der Waals surface area (Å²) < 4.78 is 5.89. The van der Waals surface area contributed by atoms with Gasteiger partial charge in [-0.05, 0) is 44.9 Å². The molecule has 2 N–H and O–H groups in total. The molecule has 2 saturated heterocycles. The Morgan fingerprint density at radius 3 is 2.73 bits per heavy atom. The van der Waals surface area contributed by atoms with Crippen LogP contribution >= 0.6 is 0 Å². The lowest BCUT2D eigenvalue weighted by Crippen LogP contribution is -2.56. The summed E-state index contributed by atoms with van der Waals surface area (Å²) in [5.41, 5.74) is 0.961. The zero-order valence-electron chi connectivity index (χ0n) is 15.9. The smallest absolute Gasteiger partial charge is 0.191 e. The maximum atomic E-state index is 5.89. The first kappa shape index (κ1) is 17.4. The largest absolute Gasteiger partial charge is 0.461 e. The molecular formula is C21H30N4O. The quantitative estimate of drug-likeness (QED) is 0.654. The normalized spacial score (nSPS) is 26.8. The van der Waals surface area contributed by atoms with Gasteiger partial charge in [-0.25, -0.2) is 0 Å². The molecule has 0 saturated carbocycles. The first-order chi connectivity index (χ1) is 12.7. The predicted octanol–water partition coefficient (Wildman–Crippen LogP) is 3.16. The first-order valence-electron chi connectivity index (χ1n) is 9.89. The number of rotatable bonds is 4. The Balaban J connectivity index is 1.28. The van der Waals surface area contributed by atoms with E-state index in [2.05, 4.69) is 39.7 Å².